The van der Waals surface area contributed by atoms with Gasteiger partial charge in [-0.3, -0.25) is 4.79 Å². The van der Waals surface area contributed by atoms with Gasteiger partial charge in [-0.15, -0.1) is 0 Å². The number of hydrogen-bond acceptors (Lipinski definition) is 4. The van der Waals surface area contributed by atoms with Crippen LogP contribution < -0.4 is 5.32 Å². The Kier molecular flexibility index (Phi) is 6.76. The highest BCUT2D eigenvalue weighted by molar-refractivity contribution is 7.90. The van der Waals surface area contributed by atoms with Gasteiger partial charge in [-0.05, 0) is 19.8 Å². The molecule has 1 unspecified atom stereocenters. The van der Waals surface area contributed by atoms with Crippen molar-refractivity contribution in [3.63, 3.8) is 0 Å². The van der Waals surface area contributed by atoms with E-state index in [1.807, 2.05) is 13.8 Å². The lowest BCUT2D eigenvalue weighted by Gasteiger charge is -2.09. The van der Waals surface area contributed by atoms with E-state index in [1.54, 1.807) is 0 Å². The van der Waals surface area contributed by atoms with Crippen LogP contribution in [0, 0.1) is 0 Å². The van der Waals surface area contributed by atoms with Gasteiger partial charge in [0.15, 0.2) is 0 Å². The maximum Gasteiger partial charge on any atom is 0.147 e. The van der Waals surface area contributed by atoms with Crippen molar-refractivity contribution >= 4 is 15.6 Å². The van der Waals surface area contributed by atoms with Crippen LogP contribution in [0.3, 0.4) is 0 Å². The standard InChI is InChI=1S/C10H21NO3S/c1-4-9(2)11-8-10(12)6-5-7-15(3,13)14/h9,11H,4-8H2,1-3H3. The third kappa shape index (κ3) is 9.87. The van der Waals surface area contributed by atoms with Crippen LogP contribution in [0.1, 0.15) is 33.1 Å². The van der Waals surface area contributed by atoms with Crippen LogP contribution in [0.25, 0.3) is 0 Å². The minimum absolute atomic E-state index is 0.0824. The van der Waals surface area contributed by atoms with E-state index < -0.39 is 9.84 Å². The Balaban J connectivity index is 3.59. The summed E-state index contributed by atoms with van der Waals surface area (Å²) in [6.07, 6.45) is 2.95. The molecule has 0 aromatic carbocycles. The molecule has 4 nitrogen and oxygen atoms in total. The smallest absolute Gasteiger partial charge is 0.147 e. The number of ketones is 1. The summed E-state index contributed by atoms with van der Waals surface area (Å²) in [4.78, 5) is 11.3. The van der Waals surface area contributed by atoms with E-state index in [2.05, 4.69) is 5.32 Å². The number of carbonyl (C=O) groups is 1. The zero-order valence-corrected chi connectivity index (χ0v) is 10.6. The zero-order chi connectivity index (χ0) is 11.9. The maximum absolute atomic E-state index is 11.3. The van der Waals surface area contributed by atoms with Crippen LogP contribution >= 0.6 is 0 Å². The van der Waals surface area contributed by atoms with Crippen LogP contribution in [-0.4, -0.2) is 38.8 Å². The number of sulfone groups is 1. The van der Waals surface area contributed by atoms with Gasteiger partial charge in [0.05, 0.1) is 12.3 Å². The second-order valence-electron chi connectivity index (χ2n) is 3.96. The largest absolute Gasteiger partial charge is 0.308 e. The number of carbonyl (C=O) groups excluding carboxylic acids is 1. The maximum atomic E-state index is 11.3. The molecule has 0 aromatic rings. The van der Waals surface area contributed by atoms with Gasteiger partial charge in [0.2, 0.25) is 0 Å². The molecule has 0 rings (SSSR count). The minimum atomic E-state index is -2.93. The Bertz CT molecular complexity index is 285. The lowest BCUT2D eigenvalue weighted by Crippen LogP contribution is -2.30. The average Bonchev–Trinajstić information content (AvgIpc) is 2.12. The highest BCUT2D eigenvalue weighted by atomic mass is 32.2. The van der Waals surface area contributed by atoms with Gasteiger partial charge >= 0.3 is 0 Å². The van der Waals surface area contributed by atoms with Gasteiger partial charge in [-0.2, -0.15) is 0 Å². The first-order valence-corrected chi connectivity index (χ1v) is 7.34. The SMILES string of the molecule is CCC(C)NCC(=O)CCCS(C)(=O)=O. The Morgan fingerprint density at radius 2 is 2.00 bits per heavy atom. The molecular weight excluding hydrogens is 214 g/mol. The Labute approximate surface area is 92.4 Å². The number of nitrogens with one attached hydrogen (secondary N) is 1. The normalized spacial score (nSPS) is 13.8. The molecule has 0 spiro atoms. The molecule has 0 saturated heterocycles. The Morgan fingerprint density at radius 1 is 1.40 bits per heavy atom. The van der Waals surface area contributed by atoms with Crippen molar-refractivity contribution < 1.29 is 13.2 Å². The van der Waals surface area contributed by atoms with Crippen molar-refractivity contribution in [2.24, 2.45) is 0 Å². The molecule has 0 aromatic heterocycles. The van der Waals surface area contributed by atoms with Crippen molar-refractivity contribution in [2.75, 3.05) is 18.6 Å². The minimum Gasteiger partial charge on any atom is -0.308 e. The molecule has 0 heterocycles. The van der Waals surface area contributed by atoms with E-state index in [9.17, 15) is 13.2 Å². The molecule has 0 amide bonds. The molecule has 15 heavy (non-hydrogen) atoms. The van der Waals surface area contributed by atoms with E-state index in [4.69, 9.17) is 0 Å². The first-order chi connectivity index (χ1) is 6.85. The predicted molar refractivity (Wildman–Crippen MR) is 61.7 cm³/mol. The van der Waals surface area contributed by atoms with Crippen LogP contribution in [0.2, 0.25) is 0 Å². The topological polar surface area (TPSA) is 63.2 Å². The van der Waals surface area contributed by atoms with Gasteiger partial charge in [-0.25, -0.2) is 8.42 Å². The fourth-order valence-electron chi connectivity index (χ4n) is 1.05. The van der Waals surface area contributed by atoms with Crippen molar-refractivity contribution in [1.29, 1.82) is 0 Å². The van der Waals surface area contributed by atoms with Crippen molar-refractivity contribution in [1.82, 2.24) is 5.32 Å². The quantitative estimate of drug-likeness (QED) is 0.675. The summed E-state index contributed by atoms with van der Waals surface area (Å²) < 4.78 is 21.6. The predicted octanol–water partition coefficient (Wildman–Crippen LogP) is 0.768. The third-order valence-electron chi connectivity index (χ3n) is 2.23. The van der Waals surface area contributed by atoms with Crippen molar-refractivity contribution in [2.45, 2.75) is 39.2 Å². The third-order valence-corrected chi connectivity index (χ3v) is 3.26. The molecule has 0 saturated carbocycles. The van der Waals surface area contributed by atoms with E-state index in [0.717, 1.165) is 6.42 Å². The molecule has 1 atom stereocenters. The second kappa shape index (κ2) is 6.95. The second-order valence-corrected chi connectivity index (χ2v) is 6.22. The molecule has 0 aliphatic rings. The number of Topliss-reactive ketones (excluding diaryl/α,β-unsaturated/α-hetero) is 1. The van der Waals surface area contributed by atoms with Gasteiger partial charge in [0.25, 0.3) is 0 Å². The molecule has 0 aliphatic heterocycles. The zero-order valence-electron chi connectivity index (χ0n) is 9.75. The van der Waals surface area contributed by atoms with Crippen LogP contribution in [0.4, 0.5) is 0 Å². The van der Waals surface area contributed by atoms with E-state index in [0.29, 0.717) is 25.4 Å². The molecular formula is C10H21NO3S. The fourth-order valence-corrected chi connectivity index (χ4v) is 1.72. The summed E-state index contributed by atoms with van der Waals surface area (Å²) in [5.74, 6) is 0.182. The lowest BCUT2D eigenvalue weighted by molar-refractivity contribution is -0.118. The first kappa shape index (κ1) is 14.6. The van der Waals surface area contributed by atoms with Crippen LogP contribution in [-0.2, 0) is 14.6 Å². The summed E-state index contributed by atoms with van der Waals surface area (Å²) >= 11 is 0. The van der Waals surface area contributed by atoms with Gasteiger partial charge in [0, 0.05) is 18.7 Å². The van der Waals surface area contributed by atoms with Gasteiger partial charge < -0.3 is 5.32 Å². The fraction of sp³-hybridized carbons (Fsp3) is 0.900. The molecule has 0 radical (unpaired) electrons. The monoisotopic (exact) mass is 235 g/mol. The highest BCUT2D eigenvalue weighted by Gasteiger charge is 2.07. The average molecular weight is 235 g/mol. The lowest BCUT2D eigenvalue weighted by atomic mass is 10.2. The number of hydrogen-bond donors (Lipinski definition) is 1. The summed E-state index contributed by atoms with van der Waals surface area (Å²) in [6.45, 7) is 4.41. The highest BCUT2D eigenvalue weighted by Crippen LogP contribution is 1.96. The molecule has 0 aliphatic carbocycles. The molecule has 5 heteroatoms. The first-order valence-electron chi connectivity index (χ1n) is 5.28. The van der Waals surface area contributed by atoms with E-state index in [-0.39, 0.29) is 11.5 Å². The van der Waals surface area contributed by atoms with Crippen LogP contribution in [0.15, 0.2) is 0 Å². The summed E-state index contributed by atoms with van der Waals surface area (Å²) in [5.41, 5.74) is 0. The molecule has 90 valence electrons. The number of rotatable bonds is 8. The van der Waals surface area contributed by atoms with Gasteiger partial charge in [-0.1, -0.05) is 6.92 Å². The Morgan fingerprint density at radius 3 is 2.47 bits per heavy atom. The van der Waals surface area contributed by atoms with Crippen LogP contribution in [0.5, 0.6) is 0 Å². The summed E-state index contributed by atoms with van der Waals surface area (Å²) in [5, 5.41) is 3.08. The van der Waals surface area contributed by atoms with Gasteiger partial charge in [0.1, 0.15) is 15.6 Å². The molecule has 0 fully saturated rings. The summed E-state index contributed by atoms with van der Waals surface area (Å²) in [7, 11) is -2.93. The van der Waals surface area contributed by atoms with E-state index >= 15 is 0 Å². The van der Waals surface area contributed by atoms with E-state index in [1.165, 1.54) is 6.26 Å². The summed E-state index contributed by atoms with van der Waals surface area (Å²) in [6, 6.07) is 0.337. The van der Waals surface area contributed by atoms with Crippen molar-refractivity contribution in [3.05, 3.63) is 0 Å². The molecule has 1 N–H and O–H groups in total. The van der Waals surface area contributed by atoms with Crippen molar-refractivity contribution in [3.8, 4) is 0 Å². The Hall–Kier alpha value is -0.420. The molecule has 0 bridgehead atoms.